The third-order valence-electron chi connectivity index (χ3n) is 4.62. The summed E-state index contributed by atoms with van der Waals surface area (Å²) in [6.45, 7) is 2.73. The van der Waals surface area contributed by atoms with E-state index >= 15 is 0 Å². The Labute approximate surface area is 188 Å². The first-order valence-electron chi connectivity index (χ1n) is 9.47. The summed E-state index contributed by atoms with van der Waals surface area (Å²) in [6, 6.07) is 8.57. The van der Waals surface area contributed by atoms with E-state index < -0.39 is 15.9 Å². The molecule has 4 rings (SSSR count). The molecular formula is C20H20N4O4S3. The lowest BCUT2D eigenvalue weighted by Crippen LogP contribution is -2.38. The van der Waals surface area contributed by atoms with Gasteiger partial charge in [0.15, 0.2) is 0 Å². The number of ether oxygens (including phenoxy) is 1. The van der Waals surface area contributed by atoms with E-state index in [9.17, 15) is 13.2 Å². The molecule has 1 N–H and O–H groups in total. The maximum Gasteiger partial charge on any atom is 0.321 e. The molecule has 3 aromatic rings. The molecule has 0 saturated carbocycles. The second-order valence-corrected chi connectivity index (χ2v) is 10.7. The van der Waals surface area contributed by atoms with Crippen LogP contribution >= 0.6 is 23.1 Å². The first-order valence-corrected chi connectivity index (χ1v) is 12.9. The van der Waals surface area contributed by atoms with Crippen LogP contribution < -0.4 is 10.1 Å². The predicted molar refractivity (Wildman–Crippen MR) is 122 cm³/mol. The van der Waals surface area contributed by atoms with Gasteiger partial charge in [-0.3, -0.25) is 4.79 Å². The van der Waals surface area contributed by atoms with Gasteiger partial charge in [0.2, 0.25) is 10.0 Å². The van der Waals surface area contributed by atoms with Crippen molar-refractivity contribution in [3.05, 3.63) is 58.5 Å². The maximum atomic E-state index is 13.0. The van der Waals surface area contributed by atoms with Crippen LogP contribution in [0.4, 0.5) is 5.69 Å². The summed E-state index contributed by atoms with van der Waals surface area (Å²) in [5, 5.41) is 4.45. The molecule has 3 heterocycles. The Hall–Kier alpha value is -2.47. The summed E-state index contributed by atoms with van der Waals surface area (Å²) in [7, 11) is -3.70. The predicted octanol–water partition coefficient (Wildman–Crippen LogP) is 3.63. The van der Waals surface area contributed by atoms with Crippen molar-refractivity contribution in [1.82, 2.24) is 14.3 Å². The standard InChI is InChI=1S/C20H20N4O4S3/c1-14-13-15(28-20-21-6-2-7-22-20)3-4-16(14)23-19(25)18-17(5-10-30-18)31(26,27)24-8-11-29-12-9-24/h2-7,10,13H,8-9,11-12H2,1H3,(H,23,25). The topological polar surface area (TPSA) is 101 Å². The molecule has 1 aliphatic heterocycles. The molecule has 0 aliphatic carbocycles. The summed E-state index contributed by atoms with van der Waals surface area (Å²) in [4.78, 5) is 21.2. The van der Waals surface area contributed by atoms with Crippen LogP contribution in [0.25, 0.3) is 0 Å². The number of hydrogen-bond acceptors (Lipinski definition) is 8. The van der Waals surface area contributed by atoms with Crippen molar-refractivity contribution in [3.63, 3.8) is 0 Å². The molecule has 1 aromatic carbocycles. The molecule has 162 valence electrons. The zero-order chi connectivity index (χ0) is 21.8. The number of amides is 1. The average molecular weight is 477 g/mol. The van der Waals surface area contributed by atoms with Crippen LogP contribution in [0.2, 0.25) is 0 Å². The number of carbonyl (C=O) groups is 1. The number of benzene rings is 1. The lowest BCUT2D eigenvalue weighted by molar-refractivity contribution is 0.102. The van der Waals surface area contributed by atoms with E-state index in [0.717, 1.165) is 28.4 Å². The van der Waals surface area contributed by atoms with Crippen LogP contribution in [0.1, 0.15) is 15.2 Å². The fourth-order valence-electron chi connectivity index (χ4n) is 3.05. The molecular weight excluding hydrogens is 456 g/mol. The molecule has 1 aliphatic rings. The summed E-state index contributed by atoms with van der Waals surface area (Å²) < 4.78 is 33.1. The van der Waals surface area contributed by atoms with Crippen molar-refractivity contribution in [2.45, 2.75) is 11.8 Å². The number of hydrogen-bond donors (Lipinski definition) is 1. The van der Waals surface area contributed by atoms with Crippen molar-refractivity contribution in [2.24, 2.45) is 0 Å². The van der Waals surface area contributed by atoms with Crippen molar-refractivity contribution >= 4 is 44.7 Å². The molecule has 0 radical (unpaired) electrons. The van der Waals surface area contributed by atoms with Gasteiger partial charge in [-0.15, -0.1) is 11.3 Å². The Bertz CT molecular complexity index is 1180. The number of nitrogens with zero attached hydrogens (tertiary/aromatic N) is 3. The number of rotatable bonds is 6. The summed E-state index contributed by atoms with van der Waals surface area (Å²) in [5.74, 6) is 1.59. The largest absolute Gasteiger partial charge is 0.424 e. The molecule has 11 heteroatoms. The number of sulfonamides is 1. The van der Waals surface area contributed by atoms with Crippen molar-refractivity contribution < 1.29 is 17.9 Å². The maximum absolute atomic E-state index is 13.0. The van der Waals surface area contributed by atoms with Crippen LogP contribution in [0.15, 0.2) is 53.0 Å². The Morgan fingerprint density at radius 1 is 1.16 bits per heavy atom. The Morgan fingerprint density at radius 3 is 2.61 bits per heavy atom. The molecule has 0 spiro atoms. The molecule has 1 amide bonds. The third-order valence-corrected chi connectivity index (χ3v) is 8.55. The van der Waals surface area contributed by atoms with Gasteiger partial charge in [-0.05, 0) is 48.2 Å². The number of nitrogens with one attached hydrogen (secondary N) is 1. The highest BCUT2D eigenvalue weighted by Gasteiger charge is 2.31. The van der Waals surface area contributed by atoms with E-state index in [-0.39, 0.29) is 15.8 Å². The lowest BCUT2D eigenvalue weighted by atomic mass is 10.2. The number of aryl methyl sites for hydroxylation is 1. The van der Waals surface area contributed by atoms with E-state index in [2.05, 4.69) is 15.3 Å². The van der Waals surface area contributed by atoms with E-state index in [0.29, 0.717) is 24.5 Å². The molecule has 1 fully saturated rings. The lowest BCUT2D eigenvalue weighted by Gasteiger charge is -2.25. The monoisotopic (exact) mass is 476 g/mol. The van der Waals surface area contributed by atoms with E-state index in [1.165, 1.54) is 10.4 Å². The van der Waals surface area contributed by atoms with Gasteiger partial charge in [0.05, 0.1) is 0 Å². The molecule has 0 unspecified atom stereocenters. The zero-order valence-corrected chi connectivity index (χ0v) is 19.1. The van der Waals surface area contributed by atoms with Crippen molar-refractivity contribution in [1.29, 1.82) is 0 Å². The molecule has 0 bridgehead atoms. The second-order valence-electron chi connectivity index (χ2n) is 6.69. The smallest absolute Gasteiger partial charge is 0.321 e. The van der Waals surface area contributed by atoms with Gasteiger partial charge in [-0.1, -0.05) is 0 Å². The van der Waals surface area contributed by atoms with Crippen molar-refractivity contribution in [3.8, 4) is 11.8 Å². The van der Waals surface area contributed by atoms with Gasteiger partial charge < -0.3 is 10.1 Å². The fourth-order valence-corrected chi connectivity index (χ4v) is 6.93. The quantitative estimate of drug-likeness (QED) is 0.580. The first kappa shape index (κ1) is 21.8. The van der Waals surface area contributed by atoms with E-state index in [4.69, 9.17) is 4.74 Å². The highest BCUT2D eigenvalue weighted by molar-refractivity contribution is 7.99. The van der Waals surface area contributed by atoms with Gasteiger partial charge in [0.1, 0.15) is 15.5 Å². The van der Waals surface area contributed by atoms with Gasteiger partial charge >= 0.3 is 6.01 Å². The minimum atomic E-state index is -3.70. The second kappa shape index (κ2) is 9.35. The van der Waals surface area contributed by atoms with E-state index in [1.54, 1.807) is 53.8 Å². The van der Waals surface area contributed by atoms with Crippen LogP contribution in [0, 0.1) is 6.92 Å². The van der Waals surface area contributed by atoms with Gasteiger partial charge in [-0.2, -0.15) is 16.1 Å². The number of thiophene rings is 1. The number of carbonyl (C=O) groups excluding carboxylic acids is 1. The summed E-state index contributed by atoms with van der Waals surface area (Å²) in [5.41, 5.74) is 1.33. The molecule has 2 aromatic heterocycles. The fraction of sp³-hybridized carbons (Fsp3) is 0.250. The summed E-state index contributed by atoms with van der Waals surface area (Å²) >= 11 is 2.84. The Morgan fingerprint density at radius 2 is 1.90 bits per heavy atom. The Balaban J connectivity index is 1.51. The van der Waals surface area contributed by atoms with Crippen molar-refractivity contribution in [2.75, 3.05) is 29.9 Å². The Kier molecular flexibility index (Phi) is 6.56. The van der Waals surface area contributed by atoms with Gasteiger partial charge in [-0.25, -0.2) is 18.4 Å². The van der Waals surface area contributed by atoms with E-state index in [1.807, 2.05) is 6.92 Å². The highest BCUT2D eigenvalue weighted by Crippen LogP contribution is 2.29. The SMILES string of the molecule is Cc1cc(Oc2ncccn2)ccc1NC(=O)c1sccc1S(=O)(=O)N1CCSCC1. The van der Waals surface area contributed by atoms with Crippen LogP contribution in [-0.4, -0.2) is 53.2 Å². The first-order chi connectivity index (χ1) is 14.9. The average Bonchev–Trinajstić information content (AvgIpc) is 3.28. The zero-order valence-electron chi connectivity index (χ0n) is 16.6. The minimum absolute atomic E-state index is 0.0562. The van der Waals surface area contributed by atoms with Crippen LogP contribution in [0.5, 0.6) is 11.8 Å². The number of thioether (sulfide) groups is 1. The van der Waals surface area contributed by atoms with Crippen LogP contribution in [0.3, 0.4) is 0 Å². The van der Waals surface area contributed by atoms with Gasteiger partial charge in [0, 0.05) is 42.7 Å². The number of aromatic nitrogens is 2. The normalized spacial score (nSPS) is 14.9. The third kappa shape index (κ3) is 4.90. The summed E-state index contributed by atoms with van der Waals surface area (Å²) in [6.07, 6.45) is 3.17. The highest BCUT2D eigenvalue weighted by atomic mass is 32.2. The molecule has 8 nitrogen and oxygen atoms in total. The molecule has 0 atom stereocenters. The van der Waals surface area contributed by atoms with Crippen LogP contribution in [-0.2, 0) is 10.0 Å². The van der Waals surface area contributed by atoms with Gasteiger partial charge in [0.25, 0.3) is 5.91 Å². The molecule has 31 heavy (non-hydrogen) atoms. The number of anilines is 1. The molecule has 1 saturated heterocycles. The minimum Gasteiger partial charge on any atom is -0.424 e.